The molecule has 4 N–H and O–H groups in total. The second kappa shape index (κ2) is 11.7. The Kier molecular flexibility index (Phi) is 8.13. The van der Waals surface area contributed by atoms with Crippen molar-refractivity contribution in [3.8, 4) is 5.88 Å². The van der Waals surface area contributed by atoms with Gasteiger partial charge in [0.15, 0.2) is 5.88 Å². The van der Waals surface area contributed by atoms with Crippen molar-refractivity contribution in [2.24, 2.45) is 4.99 Å². The maximum Gasteiger partial charge on any atom is 0.408 e. The minimum absolute atomic E-state index is 0.104. The molecule has 0 spiro atoms. The van der Waals surface area contributed by atoms with Gasteiger partial charge < -0.3 is 25.5 Å². The van der Waals surface area contributed by atoms with Gasteiger partial charge in [0, 0.05) is 35.1 Å². The molecule has 206 valence electrons. The molecule has 0 unspecified atom stereocenters. The molecule has 40 heavy (non-hydrogen) atoms. The van der Waals surface area contributed by atoms with Gasteiger partial charge in [-0.05, 0) is 44.5 Å². The van der Waals surface area contributed by atoms with Crippen LogP contribution in [0.25, 0.3) is 10.9 Å². The zero-order chi connectivity index (χ0) is 28.9. The number of benzene rings is 3. The summed E-state index contributed by atoms with van der Waals surface area (Å²) in [7, 11) is 0. The molecule has 0 radical (unpaired) electrons. The number of nitrogens with zero attached hydrogens (tertiary/aromatic N) is 2. The van der Waals surface area contributed by atoms with Crippen LogP contribution in [-0.2, 0) is 16.1 Å². The highest BCUT2D eigenvalue weighted by Crippen LogP contribution is 2.33. The van der Waals surface area contributed by atoms with Crippen LogP contribution in [0.4, 0.5) is 16.2 Å². The second-order valence-corrected chi connectivity index (χ2v) is 9.96. The van der Waals surface area contributed by atoms with Gasteiger partial charge in [0.25, 0.3) is 5.69 Å². The van der Waals surface area contributed by atoms with Crippen molar-refractivity contribution in [2.75, 3.05) is 6.54 Å². The number of alkyl carbamates (subject to hydrolysis) is 1. The Morgan fingerprint density at radius 1 is 1.02 bits per heavy atom. The lowest BCUT2D eigenvalue weighted by molar-refractivity contribution is -0.384. The van der Waals surface area contributed by atoms with E-state index in [2.05, 4.69) is 15.6 Å². The number of non-ortho nitro benzene ring substituents is 1. The molecule has 1 aromatic heterocycles. The molecule has 0 aliphatic rings. The molecule has 3 aromatic carbocycles. The Hall–Kier alpha value is -5.19. The Balaban J connectivity index is 1.54. The predicted octanol–water partition coefficient (Wildman–Crippen LogP) is 5.09. The number of rotatable bonds is 8. The number of amides is 2. The first-order chi connectivity index (χ1) is 19.0. The zero-order valence-corrected chi connectivity index (χ0v) is 22.2. The standard InChI is InChI=1S/C29H29N5O6/c1-29(2,3)40-28(37)31-17-24(35)30-16-18-9-11-20(12-10-18)32-26(19-7-5-4-6-8-19)25-22-15-21(34(38)39)13-14-23(22)33-27(25)36/h4-15,33,36H,16-17H2,1-3H3,(H,30,35)(H,31,37). The summed E-state index contributed by atoms with van der Waals surface area (Å²) >= 11 is 0. The fourth-order valence-corrected chi connectivity index (χ4v) is 3.93. The molecule has 11 heteroatoms. The highest BCUT2D eigenvalue weighted by Gasteiger charge is 2.21. The largest absolute Gasteiger partial charge is 0.494 e. The first-order valence-corrected chi connectivity index (χ1v) is 12.5. The van der Waals surface area contributed by atoms with Crippen LogP contribution in [0.15, 0.2) is 77.8 Å². The number of nitro benzene ring substituents is 1. The van der Waals surface area contributed by atoms with E-state index in [1.165, 1.54) is 12.1 Å². The summed E-state index contributed by atoms with van der Waals surface area (Å²) in [5.74, 6) is -0.527. The molecule has 0 fully saturated rings. The lowest BCUT2D eigenvalue weighted by Crippen LogP contribution is -2.39. The van der Waals surface area contributed by atoms with Crippen molar-refractivity contribution >= 4 is 40.0 Å². The molecule has 0 aliphatic heterocycles. The molecule has 0 saturated heterocycles. The number of aromatic amines is 1. The third-order valence-corrected chi connectivity index (χ3v) is 5.72. The normalized spacial score (nSPS) is 11.7. The summed E-state index contributed by atoms with van der Waals surface area (Å²) in [6, 6.07) is 20.6. The van der Waals surface area contributed by atoms with Gasteiger partial charge in [0.05, 0.1) is 21.9 Å². The van der Waals surface area contributed by atoms with Crippen LogP contribution in [0.2, 0.25) is 0 Å². The Bertz CT molecular complexity index is 1570. The van der Waals surface area contributed by atoms with E-state index in [1.54, 1.807) is 51.1 Å². The number of ether oxygens (including phenoxy) is 1. The van der Waals surface area contributed by atoms with Crippen LogP contribution < -0.4 is 10.6 Å². The smallest absolute Gasteiger partial charge is 0.408 e. The molecule has 0 aliphatic carbocycles. The van der Waals surface area contributed by atoms with Gasteiger partial charge in [-0.25, -0.2) is 9.79 Å². The Labute approximate surface area is 230 Å². The Morgan fingerprint density at radius 2 is 1.73 bits per heavy atom. The highest BCUT2D eigenvalue weighted by atomic mass is 16.6. The molecule has 2 amide bonds. The monoisotopic (exact) mass is 543 g/mol. The molecular formula is C29H29N5O6. The number of hydrogen-bond donors (Lipinski definition) is 4. The number of aromatic hydroxyl groups is 1. The summed E-state index contributed by atoms with van der Waals surface area (Å²) < 4.78 is 5.11. The van der Waals surface area contributed by atoms with E-state index in [1.807, 2.05) is 30.3 Å². The number of H-pyrrole nitrogens is 1. The predicted molar refractivity (Wildman–Crippen MR) is 151 cm³/mol. The lowest BCUT2D eigenvalue weighted by Gasteiger charge is -2.19. The van der Waals surface area contributed by atoms with E-state index < -0.39 is 16.6 Å². The number of hydrogen-bond acceptors (Lipinski definition) is 7. The number of carbonyl (C=O) groups is 2. The van der Waals surface area contributed by atoms with Crippen molar-refractivity contribution in [3.05, 3.63) is 99.6 Å². The van der Waals surface area contributed by atoms with Gasteiger partial charge >= 0.3 is 6.09 Å². The quantitative estimate of drug-likeness (QED) is 0.138. The summed E-state index contributed by atoms with van der Waals surface area (Å²) in [6.07, 6.45) is -0.671. The minimum atomic E-state index is -0.671. The van der Waals surface area contributed by atoms with Crippen molar-refractivity contribution in [1.82, 2.24) is 15.6 Å². The molecule has 11 nitrogen and oxygen atoms in total. The molecule has 4 aromatic rings. The number of nitrogens with one attached hydrogen (secondary N) is 3. The van der Waals surface area contributed by atoms with E-state index >= 15 is 0 Å². The van der Waals surface area contributed by atoms with Gasteiger partial charge in [0.1, 0.15) is 12.1 Å². The van der Waals surface area contributed by atoms with Crippen LogP contribution in [0, 0.1) is 10.1 Å². The molecular weight excluding hydrogens is 514 g/mol. The average Bonchev–Trinajstić information content (AvgIpc) is 3.24. The summed E-state index contributed by atoms with van der Waals surface area (Å²) in [4.78, 5) is 42.4. The third-order valence-electron chi connectivity index (χ3n) is 5.72. The van der Waals surface area contributed by atoms with Crippen molar-refractivity contribution in [3.63, 3.8) is 0 Å². The molecule has 4 rings (SSSR count). The maximum absolute atomic E-state index is 12.1. The van der Waals surface area contributed by atoms with Crippen molar-refractivity contribution in [1.29, 1.82) is 0 Å². The van der Waals surface area contributed by atoms with E-state index in [9.17, 15) is 24.8 Å². The number of aliphatic imine (C=N–C) groups is 1. The van der Waals surface area contributed by atoms with Gasteiger partial charge in [0.2, 0.25) is 5.91 Å². The van der Waals surface area contributed by atoms with Crippen LogP contribution >= 0.6 is 0 Å². The van der Waals surface area contributed by atoms with Gasteiger partial charge in [-0.2, -0.15) is 0 Å². The Morgan fingerprint density at radius 3 is 2.38 bits per heavy atom. The lowest BCUT2D eigenvalue weighted by atomic mass is 10.0. The second-order valence-electron chi connectivity index (χ2n) is 9.96. The average molecular weight is 544 g/mol. The van der Waals surface area contributed by atoms with Crippen LogP contribution in [0.1, 0.15) is 37.5 Å². The van der Waals surface area contributed by atoms with Crippen molar-refractivity contribution in [2.45, 2.75) is 32.9 Å². The van der Waals surface area contributed by atoms with E-state index in [-0.39, 0.29) is 30.6 Å². The van der Waals surface area contributed by atoms with Gasteiger partial charge in [-0.3, -0.25) is 14.9 Å². The highest BCUT2D eigenvalue weighted by molar-refractivity contribution is 6.22. The number of nitro groups is 1. The first kappa shape index (κ1) is 27.8. The van der Waals surface area contributed by atoms with E-state index in [0.29, 0.717) is 33.4 Å². The summed E-state index contributed by atoms with van der Waals surface area (Å²) in [5, 5.41) is 27.8. The first-order valence-electron chi connectivity index (χ1n) is 12.5. The van der Waals surface area contributed by atoms with E-state index in [4.69, 9.17) is 9.73 Å². The molecule has 0 atom stereocenters. The van der Waals surface area contributed by atoms with Crippen LogP contribution in [0.5, 0.6) is 5.88 Å². The fraction of sp³-hybridized carbons (Fsp3) is 0.207. The van der Waals surface area contributed by atoms with Crippen LogP contribution in [0.3, 0.4) is 0 Å². The van der Waals surface area contributed by atoms with E-state index in [0.717, 1.165) is 5.56 Å². The number of fused-ring (bicyclic) bond motifs is 1. The van der Waals surface area contributed by atoms with Crippen molar-refractivity contribution < 1.29 is 24.4 Å². The summed E-state index contributed by atoms with van der Waals surface area (Å²) in [6.45, 7) is 5.22. The molecule has 0 bridgehead atoms. The third kappa shape index (κ3) is 7.01. The zero-order valence-electron chi connectivity index (χ0n) is 22.2. The van der Waals surface area contributed by atoms with Crippen LogP contribution in [-0.4, -0.2) is 44.9 Å². The SMILES string of the molecule is CC(C)(C)OC(=O)NCC(=O)NCc1ccc(N=C(c2ccccc2)c2c(O)[nH]c3ccc([N+](=O)[O-])cc23)cc1. The van der Waals surface area contributed by atoms with Gasteiger partial charge in [-0.1, -0.05) is 42.5 Å². The maximum atomic E-state index is 12.1. The fourth-order valence-electron chi connectivity index (χ4n) is 3.93. The van der Waals surface area contributed by atoms with Gasteiger partial charge in [-0.15, -0.1) is 0 Å². The number of carbonyl (C=O) groups excluding carboxylic acids is 2. The minimum Gasteiger partial charge on any atom is -0.494 e. The molecule has 0 saturated carbocycles. The topological polar surface area (TPSA) is 159 Å². The summed E-state index contributed by atoms with van der Waals surface area (Å²) in [5.41, 5.74) is 2.63. The number of aromatic nitrogens is 1. The molecule has 1 heterocycles.